The van der Waals surface area contributed by atoms with E-state index in [9.17, 15) is 14.0 Å². The Labute approximate surface area is 252 Å². The molecular weight excluding hydrogens is 586 g/mol. The van der Waals surface area contributed by atoms with Crippen molar-refractivity contribution in [3.63, 3.8) is 0 Å². The zero-order valence-corrected chi connectivity index (χ0v) is 24.3. The lowest BCUT2D eigenvalue weighted by molar-refractivity contribution is 0.0887. The van der Waals surface area contributed by atoms with Crippen LogP contribution in [0.5, 0.6) is 17.2 Å². The van der Waals surface area contributed by atoms with E-state index in [0.717, 1.165) is 11.3 Å². The highest BCUT2D eigenvalue weighted by Gasteiger charge is 2.17. The standard InChI is InChI=1S/C31H27Cl2FN2O6/c1-39-22-7-3-19(4-8-22)18-41-13-14-42-28-11-6-21(16-24(28)33)31(38)35-17-27(37)26-10-12-29(40-2)30(36-26)20-5-9-25(34)23(32)15-20/h3-12,15-16H,13-14,17-18H2,1-2H3,(H,35,38). The zero-order chi connectivity index (χ0) is 30.1. The number of rotatable bonds is 13. The molecule has 1 aromatic heterocycles. The minimum Gasteiger partial charge on any atom is -0.497 e. The molecule has 0 saturated carbocycles. The second-order valence-electron chi connectivity index (χ2n) is 8.88. The van der Waals surface area contributed by atoms with Crippen LogP contribution < -0.4 is 19.5 Å². The van der Waals surface area contributed by atoms with Gasteiger partial charge in [0.15, 0.2) is 5.78 Å². The van der Waals surface area contributed by atoms with Crippen LogP contribution in [0, 0.1) is 5.82 Å². The number of nitrogens with one attached hydrogen (secondary N) is 1. The molecule has 0 aliphatic carbocycles. The van der Waals surface area contributed by atoms with E-state index < -0.39 is 17.5 Å². The molecule has 0 fully saturated rings. The number of nitrogens with zero attached hydrogens (tertiary/aromatic N) is 1. The highest BCUT2D eigenvalue weighted by molar-refractivity contribution is 6.32. The fraction of sp³-hybridized carbons (Fsp3) is 0.194. The summed E-state index contributed by atoms with van der Waals surface area (Å²) in [6.45, 7) is 0.703. The molecule has 1 N–H and O–H groups in total. The van der Waals surface area contributed by atoms with Crippen molar-refractivity contribution in [1.82, 2.24) is 10.3 Å². The number of carbonyl (C=O) groups is 2. The molecule has 0 aliphatic heterocycles. The van der Waals surface area contributed by atoms with E-state index in [4.69, 9.17) is 42.1 Å². The van der Waals surface area contributed by atoms with Crippen LogP contribution in [0.1, 0.15) is 26.4 Å². The average molecular weight is 613 g/mol. The van der Waals surface area contributed by atoms with Gasteiger partial charge in [-0.1, -0.05) is 35.3 Å². The molecule has 4 aromatic rings. The number of pyridine rings is 1. The predicted molar refractivity (Wildman–Crippen MR) is 157 cm³/mol. The lowest BCUT2D eigenvalue weighted by Gasteiger charge is -2.11. The molecule has 0 atom stereocenters. The van der Waals surface area contributed by atoms with Gasteiger partial charge in [0.05, 0.1) is 44.0 Å². The Morgan fingerprint density at radius 1 is 0.857 bits per heavy atom. The molecule has 1 heterocycles. The molecule has 0 spiro atoms. The number of ketones is 1. The molecule has 218 valence electrons. The smallest absolute Gasteiger partial charge is 0.251 e. The number of ether oxygens (including phenoxy) is 4. The molecule has 0 radical (unpaired) electrons. The van der Waals surface area contributed by atoms with Gasteiger partial charge < -0.3 is 24.3 Å². The van der Waals surface area contributed by atoms with Gasteiger partial charge in [-0.15, -0.1) is 0 Å². The van der Waals surface area contributed by atoms with Crippen LogP contribution in [-0.4, -0.2) is 50.7 Å². The van der Waals surface area contributed by atoms with Gasteiger partial charge in [0, 0.05) is 11.1 Å². The maximum atomic E-state index is 13.6. The average Bonchev–Trinajstić information content (AvgIpc) is 3.01. The van der Waals surface area contributed by atoms with Crippen molar-refractivity contribution in [2.75, 3.05) is 34.0 Å². The lowest BCUT2D eigenvalue weighted by Crippen LogP contribution is -2.30. The summed E-state index contributed by atoms with van der Waals surface area (Å²) in [5.74, 6) is 0.0220. The Hall–Kier alpha value is -4.18. The first-order valence-corrected chi connectivity index (χ1v) is 13.5. The van der Waals surface area contributed by atoms with Crippen molar-refractivity contribution in [3.8, 4) is 28.5 Å². The third-order valence-corrected chi connectivity index (χ3v) is 6.66. The van der Waals surface area contributed by atoms with Gasteiger partial charge in [-0.05, 0) is 66.2 Å². The summed E-state index contributed by atoms with van der Waals surface area (Å²) in [4.78, 5) is 29.9. The van der Waals surface area contributed by atoms with E-state index in [1.54, 1.807) is 25.3 Å². The van der Waals surface area contributed by atoms with Crippen molar-refractivity contribution in [1.29, 1.82) is 0 Å². The molecule has 8 nitrogen and oxygen atoms in total. The Balaban J connectivity index is 1.29. The Morgan fingerprint density at radius 2 is 1.62 bits per heavy atom. The zero-order valence-electron chi connectivity index (χ0n) is 22.8. The lowest BCUT2D eigenvalue weighted by atomic mass is 10.1. The predicted octanol–water partition coefficient (Wildman–Crippen LogP) is 6.42. The molecular formula is C31H27Cl2FN2O6. The Kier molecular flexibility index (Phi) is 10.7. The summed E-state index contributed by atoms with van der Waals surface area (Å²) in [5.41, 5.74) is 2.12. The largest absolute Gasteiger partial charge is 0.497 e. The van der Waals surface area contributed by atoms with E-state index in [0.29, 0.717) is 36.0 Å². The Bertz CT molecular complexity index is 1570. The number of halogens is 3. The number of aromatic nitrogens is 1. The number of methoxy groups -OCH3 is 2. The highest BCUT2D eigenvalue weighted by Crippen LogP contribution is 2.31. The molecule has 11 heteroatoms. The SMILES string of the molecule is COc1ccc(COCCOc2ccc(C(=O)NCC(=O)c3ccc(OC)c(-c4ccc(F)c(Cl)c4)n3)cc2Cl)cc1. The van der Waals surface area contributed by atoms with Crippen LogP contribution in [0.4, 0.5) is 4.39 Å². The van der Waals surface area contributed by atoms with Gasteiger partial charge in [-0.2, -0.15) is 0 Å². The summed E-state index contributed by atoms with van der Waals surface area (Å²) in [6, 6.07) is 19.3. The third-order valence-electron chi connectivity index (χ3n) is 6.07. The normalized spacial score (nSPS) is 10.7. The van der Waals surface area contributed by atoms with Crippen LogP contribution in [0.25, 0.3) is 11.3 Å². The van der Waals surface area contributed by atoms with Gasteiger partial charge in [-0.25, -0.2) is 9.37 Å². The van der Waals surface area contributed by atoms with E-state index in [1.165, 1.54) is 37.4 Å². The molecule has 0 unspecified atom stereocenters. The minimum atomic E-state index is -0.580. The number of carbonyl (C=O) groups excluding carboxylic acids is 2. The van der Waals surface area contributed by atoms with Crippen LogP contribution >= 0.6 is 23.2 Å². The fourth-order valence-electron chi connectivity index (χ4n) is 3.85. The maximum Gasteiger partial charge on any atom is 0.251 e. The van der Waals surface area contributed by atoms with E-state index in [1.807, 2.05) is 24.3 Å². The quantitative estimate of drug-likeness (QED) is 0.137. The summed E-state index contributed by atoms with van der Waals surface area (Å²) in [5, 5.41) is 2.72. The fourth-order valence-corrected chi connectivity index (χ4v) is 4.27. The molecule has 0 aliphatic rings. The number of hydrogen-bond acceptors (Lipinski definition) is 7. The van der Waals surface area contributed by atoms with Crippen LogP contribution in [-0.2, 0) is 11.3 Å². The van der Waals surface area contributed by atoms with Gasteiger partial charge in [0.1, 0.15) is 41.1 Å². The van der Waals surface area contributed by atoms with E-state index in [2.05, 4.69) is 10.3 Å². The second-order valence-corrected chi connectivity index (χ2v) is 9.69. The van der Waals surface area contributed by atoms with Crippen molar-refractivity contribution in [3.05, 3.63) is 105 Å². The highest BCUT2D eigenvalue weighted by atomic mass is 35.5. The number of Topliss-reactive ketones (excluding diaryl/α,β-unsaturated/α-hetero) is 1. The topological polar surface area (TPSA) is 96.0 Å². The minimum absolute atomic E-state index is 0.0857. The first kappa shape index (κ1) is 30.8. The van der Waals surface area contributed by atoms with Gasteiger partial charge >= 0.3 is 0 Å². The van der Waals surface area contributed by atoms with Crippen molar-refractivity contribution < 1.29 is 32.9 Å². The van der Waals surface area contributed by atoms with Crippen molar-refractivity contribution >= 4 is 34.9 Å². The Morgan fingerprint density at radius 3 is 2.31 bits per heavy atom. The summed E-state index contributed by atoms with van der Waals surface area (Å²) in [7, 11) is 3.06. The van der Waals surface area contributed by atoms with Crippen LogP contribution in [0.15, 0.2) is 72.8 Å². The van der Waals surface area contributed by atoms with E-state index >= 15 is 0 Å². The molecule has 4 rings (SSSR count). The first-order chi connectivity index (χ1) is 20.3. The second kappa shape index (κ2) is 14.6. The summed E-state index contributed by atoms with van der Waals surface area (Å²) < 4.78 is 35.4. The number of hydrogen-bond donors (Lipinski definition) is 1. The van der Waals surface area contributed by atoms with Crippen LogP contribution in [0.3, 0.4) is 0 Å². The third kappa shape index (κ3) is 7.97. The van der Waals surface area contributed by atoms with Gasteiger partial charge in [0.2, 0.25) is 0 Å². The van der Waals surface area contributed by atoms with Gasteiger partial charge in [0.25, 0.3) is 5.91 Å². The van der Waals surface area contributed by atoms with Crippen molar-refractivity contribution in [2.45, 2.75) is 6.61 Å². The van der Waals surface area contributed by atoms with Gasteiger partial charge in [-0.3, -0.25) is 9.59 Å². The van der Waals surface area contributed by atoms with E-state index in [-0.39, 0.29) is 34.5 Å². The maximum absolute atomic E-state index is 13.6. The molecule has 0 bridgehead atoms. The van der Waals surface area contributed by atoms with Crippen molar-refractivity contribution in [2.24, 2.45) is 0 Å². The monoisotopic (exact) mass is 612 g/mol. The first-order valence-electron chi connectivity index (χ1n) is 12.7. The summed E-state index contributed by atoms with van der Waals surface area (Å²) >= 11 is 12.2. The number of benzene rings is 3. The number of amides is 1. The molecule has 0 saturated heterocycles. The molecule has 42 heavy (non-hydrogen) atoms. The molecule has 1 amide bonds. The molecule has 3 aromatic carbocycles. The van der Waals surface area contributed by atoms with Crippen LogP contribution in [0.2, 0.25) is 10.0 Å². The summed E-state index contributed by atoms with van der Waals surface area (Å²) in [6.07, 6.45) is 0.